The molecule has 1 aromatic rings. The lowest BCUT2D eigenvalue weighted by Gasteiger charge is -2.34. The first-order valence-electron chi connectivity index (χ1n) is 9.12. The van der Waals surface area contributed by atoms with E-state index in [0.29, 0.717) is 0 Å². The number of nitrogens with zero attached hydrogens (tertiary/aromatic N) is 2. The highest BCUT2D eigenvalue weighted by atomic mass is 16.3. The number of carbonyl (C=O) groups excluding carboxylic acids is 1. The second-order valence-corrected chi connectivity index (χ2v) is 6.48. The molecule has 0 aliphatic carbocycles. The maximum absolute atomic E-state index is 12.5. The molecule has 0 saturated carbocycles. The molecule has 1 saturated heterocycles. The number of carbonyl (C=O) groups is 1. The van der Waals surface area contributed by atoms with E-state index in [9.17, 15) is 9.90 Å². The number of hydrogen-bond acceptors (Lipinski definition) is 4. The minimum absolute atomic E-state index is 0.0416. The second kappa shape index (κ2) is 9.64. The molecule has 2 rings (SSSR count). The first-order valence-corrected chi connectivity index (χ1v) is 9.12. The predicted molar refractivity (Wildman–Crippen MR) is 98.2 cm³/mol. The van der Waals surface area contributed by atoms with Crippen LogP contribution in [0.25, 0.3) is 0 Å². The van der Waals surface area contributed by atoms with Crippen LogP contribution in [0.15, 0.2) is 30.3 Å². The highest BCUT2D eigenvalue weighted by Gasteiger charge is 2.23. The van der Waals surface area contributed by atoms with Crippen molar-refractivity contribution in [2.75, 3.05) is 37.7 Å². The van der Waals surface area contributed by atoms with Gasteiger partial charge in [0.15, 0.2) is 0 Å². The van der Waals surface area contributed by atoms with Crippen molar-refractivity contribution in [1.82, 2.24) is 10.2 Å². The summed E-state index contributed by atoms with van der Waals surface area (Å²) in [5, 5.41) is 12.8. The second-order valence-electron chi connectivity index (χ2n) is 6.48. The highest BCUT2D eigenvalue weighted by Crippen LogP contribution is 2.18. The monoisotopic (exact) mass is 333 g/mol. The zero-order valence-corrected chi connectivity index (χ0v) is 14.9. The molecule has 24 heavy (non-hydrogen) atoms. The van der Waals surface area contributed by atoms with Gasteiger partial charge >= 0.3 is 0 Å². The number of hydrogen-bond donors (Lipinski definition) is 2. The van der Waals surface area contributed by atoms with E-state index in [-0.39, 0.29) is 31.1 Å². The molecular formula is C19H31N3O2. The van der Waals surface area contributed by atoms with Crippen LogP contribution >= 0.6 is 0 Å². The van der Waals surface area contributed by atoms with E-state index in [4.69, 9.17) is 0 Å². The molecule has 0 spiro atoms. The van der Waals surface area contributed by atoms with Gasteiger partial charge in [-0.2, -0.15) is 0 Å². The Hall–Kier alpha value is -1.59. The molecule has 1 unspecified atom stereocenters. The minimum atomic E-state index is -0.0416. The molecule has 2 N–H and O–H groups in total. The number of aliphatic hydroxyl groups is 1. The van der Waals surface area contributed by atoms with Crippen molar-refractivity contribution >= 4 is 11.6 Å². The van der Waals surface area contributed by atoms with Gasteiger partial charge in [-0.25, -0.2) is 0 Å². The number of rotatable bonds is 8. The molecule has 1 amide bonds. The maximum Gasteiger partial charge on any atom is 0.239 e. The third-order valence-electron chi connectivity index (χ3n) is 4.92. The molecule has 1 aromatic carbocycles. The van der Waals surface area contributed by atoms with Crippen molar-refractivity contribution < 1.29 is 9.90 Å². The summed E-state index contributed by atoms with van der Waals surface area (Å²) < 4.78 is 0. The van der Waals surface area contributed by atoms with Crippen molar-refractivity contribution in [2.45, 2.75) is 45.2 Å². The molecule has 0 radical (unpaired) electrons. The molecule has 1 heterocycles. The van der Waals surface area contributed by atoms with Crippen LogP contribution in [-0.4, -0.2) is 60.8 Å². The molecule has 1 aliphatic heterocycles. The Morgan fingerprint density at radius 2 is 1.96 bits per heavy atom. The van der Waals surface area contributed by atoms with Crippen molar-refractivity contribution in [3.63, 3.8) is 0 Å². The van der Waals surface area contributed by atoms with Crippen LogP contribution in [0, 0.1) is 0 Å². The standard InChI is InChI=1S/C19H31N3O2/c1-3-17(15-23)22(18-8-6-5-7-9-18)14-19(24)20-16-10-12-21(4-2)13-11-16/h5-9,16-17,23H,3-4,10-15H2,1-2H3,(H,20,24). The largest absolute Gasteiger partial charge is 0.394 e. The summed E-state index contributed by atoms with van der Waals surface area (Å²) in [6.45, 7) is 7.74. The van der Waals surface area contributed by atoms with Crippen LogP contribution in [-0.2, 0) is 4.79 Å². The van der Waals surface area contributed by atoms with Crippen molar-refractivity contribution in [3.8, 4) is 0 Å². The number of benzene rings is 1. The maximum atomic E-state index is 12.5. The quantitative estimate of drug-likeness (QED) is 0.762. The lowest BCUT2D eigenvalue weighted by molar-refractivity contribution is -0.120. The fourth-order valence-corrected chi connectivity index (χ4v) is 3.32. The zero-order valence-electron chi connectivity index (χ0n) is 14.9. The zero-order chi connectivity index (χ0) is 17.4. The van der Waals surface area contributed by atoms with E-state index < -0.39 is 0 Å². The SMILES string of the molecule is CCC(CO)N(CC(=O)NC1CCN(CC)CC1)c1ccccc1. The Labute approximate surface area is 145 Å². The Morgan fingerprint density at radius 1 is 1.29 bits per heavy atom. The summed E-state index contributed by atoms with van der Waals surface area (Å²) in [5.74, 6) is 0.0423. The van der Waals surface area contributed by atoms with Gasteiger partial charge in [0.25, 0.3) is 0 Å². The van der Waals surface area contributed by atoms with Crippen molar-refractivity contribution in [2.24, 2.45) is 0 Å². The van der Waals surface area contributed by atoms with Gasteiger partial charge < -0.3 is 20.2 Å². The van der Waals surface area contributed by atoms with E-state index in [1.165, 1.54) is 0 Å². The van der Waals surface area contributed by atoms with Gasteiger partial charge in [0.1, 0.15) is 0 Å². The first kappa shape index (κ1) is 18.7. The Morgan fingerprint density at radius 3 is 2.50 bits per heavy atom. The number of anilines is 1. The number of amides is 1. The van der Waals surface area contributed by atoms with Crippen LogP contribution in [0.1, 0.15) is 33.1 Å². The first-order chi connectivity index (χ1) is 11.7. The average Bonchev–Trinajstić information content (AvgIpc) is 2.63. The molecule has 1 atom stereocenters. The summed E-state index contributed by atoms with van der Waals surface area (Å²) >= 11 is 0. The van der Waals surface area contributed by atoms with Gasteiger partial charge in [-0.05, 0) is 37.9 Å². The van der Waals surface area contributed by atoms with Gasteiger partial charge in [0.2, 0.25) is 5.91 Å². The summed E-state index contributed by atoms with van der Waals surface area (Å²) in [6.07, 6.45) is 2.83. The lowest BCUT2D eigenvalue weighted by Crippen LogP contribution is -2.49. The molecule has 0 aromatic heterocycles. The van der Waals surface area contributed by atoms with Crippen LogP contribution in [0.2, 0.25) is 0 Å². The van der Waals surface area contributed by atoms with Gasteiger partial charge in [-0.1, -0.05) is 32.0 Å². The Bertz CT molecular complexity index is 483. The molecular weight excluding hydrogens is 302 g/mol. The highest BCUT2D eigenvalue weighted by molar-refractivity contribution is 5.81. The van der Waals surface area contributed by atoms with Gasteiger partial charge in [0.05, 0.1) is 19.2 Å². The summed E-state index contributed by atoms with van der Waals surface area (Å²) in [5.41, 5.74) is 0.981. The number of piperidine rings is 1. The van der Waals surface area contributed by atoms with Crippen molar-refractivity contribution in [1.29, 1.82) is 0 Å². The molecule has 5 nitrogen and oxygen atoms in total. The topological polar surface area (TPSA) is 55.8 Å². The molecule has 1 fully saturated rings. The summed E-state index contributed by atoms with van der Waals surface area (Å²) in [4.78, 5) is 17.0. The summed E-state index contributed by atoms with van der Waals surface area (Å²) in [6, 6.07) is 10.1. The third-order valence-corrected chi connectivity index (χ3v) is 4.92. The fourth-order valence-electron chi connectivity index (χ4n) is 3.32. The van der Waals surface area contributed by atoms with Crippen molar-refractivity contribution in [3.05, 3.63) is 30.3 Å². The summed E-state index contributed by atoms with van der Waals surface area (Å²) in [7, 11) is 0. The number of para-hydroxylation sites is 1. The van der Waals surface area contributed by atoms with E-state index in [2.05, 4.69) is 17.1 Å². The van der Waals surface area contributed by atoms with Gasteiger partial charge in [0, 0.05) is 24.8 Å². The number of nitrogens with one attached hydrogen (secondary N) is 1. The number of aliphatic hydroxyl groups excluding tert-OH is 1. The van der Waals surface area contributed by atoms with Crippen LogP contribution in [0.5, 0.6) is 0 Å². The average molecular weight is 333 g/mol. The van der Waals surface area contributed by atoms with Crippen LogP contribution < -0.4 is 10.2 Å². The Kier molecular flexibility index (Phi) is 7.53. The van der Waals surface area contributed by atoms with E-state index in [1.807, 2.05) is 42.2 Å². The van der Waals surface area contributed by atoms with E-state index in [0.717, 1.165) is 44.6 Å². The minimum Gasteiger partial charge on any atom is -0.394 e. The van der Waals surface area contributed by atoms with Gasteiger partial charge in [-0.3, -0.25) is 4.79 Å². The molecule has 134 valence electrons. The van der Waals surface area contributed by atoms with Crippen LogP contribution in [0.4, 0.5) is 5.69 Å². The van der Waals surface area contributed by atoms with Crippen LogP contribution in [0.3, 0.4) is 0 Å². The molecule has 0 bridgehead atoms. The third kappa shape index (κ3) is 5.21. The fraction of sp³-hybridized carbons (Fsp3) is 0.632. The van der Waals surface area contributed by atoms with E-state index in [1.54, 1.807) is 0 Å². The Balaban J connectivity index is 1.95. The predicted octanol–water partition coefficient (Wildman–Crippen LogP) is 1.86. The van der Waals surface area contributed by atoms with Gasteiger partial charge in [-0.15, -0.1) is 0 Å². The lowest BCUT2D eigenvalue weighted by atomic mass is 10.0. The normalized spacial score (nSPS) is 17.5. The number of likely N-dealkylation sites (tertiary alicyclic amines) is 1. The molecule has 1 aliphatic rings. The smallest absolute Gasteiger partial charge is 0.239 e. The molecule has 5 heteroatoms. The van der Waals surface area contributed by atoms with E-state index >= 15 is 0 Å².